The average Bonchev–Trinajstić information content (AvgIpc) is 2.33. The number of hydrogen-bond donors (Lipinski definition) is 0. The summed E-state index contributed by atoms with van der Waals surface area (Å²) in [5.74, 6) is -2.63. The fourth-order valence-corrected chi connectivity index (χ4v) is 1.75. The van der Waals surface area contributed by atoms with Gasteiger partial charge in [-0.3, -0.25) is 0 Å². The van der Waals surface area contributed by atoms with Crippen molar-refractivity contribution < 1.29 is 40.6 Å². The molecular formula is C10H6BrF6NO3. The van der Waals surface area contributed by atoms with Crippen molar-refractivity contribution in [2.75, 3.05) is 7.11 Å². The van der Waals surface area contributed by atoms with E-state index in [4.69, 9.17) is 0 Å². The van der Waals surface area contributed by atoms with Crippen LogP contribution >= 0.6 is 15.9 Å². The van der Waals surface area contributed by atoms with E-state index in [2.05, 4.69) is 30.4 Å². The van der Waals surface area contributed by atoms with Crippen LogP contribution in [0.25, 0.3) is 0 Å². The van der Waals surface area contributed by atoms with Crippen molar-refractivity contribution in [3.05, 3.63) is 23.0 Å². The normalized spacial score (nSPS) is 12.2. The molecule has 0 amide bonds. The molecule has 11 heteroatoms. The molecule has 1 aromatic rings. The zero-order valence-corrected chi connectivity index (χ0v) is 11.7. The van der Waals surface area contributed by atoms with Gasteiger partial charge in [0.2, 0.25) is 0 Å². The number of alkyl halides is 7. The van der Waals surface area contributed by atoms with Gasteiger partial charge >= 0.3 is 18.5 Å². The van der Waals surface area contributed by atoms with E-state index in [1.165, 1.54) is 0 Å². The molecule has 1 aromatic heterocycles. The Bertz CT molecular complexity index is 543. The first-order valence-electron chi connectivity index (χ1n) is 5.00. The van der Waals surface area contributed by atoms with Crippen LogP contribution in [0.1, 0.15) is 21.7 Å². The molecule has 0 spiro atoms. The van der Waals surface area contributed by atoms with Gasteiger partial charge in [0.05, 0.1) is 12.8 Å². The minimum absolute atomic E-state index is 0.00803. The Labute approximate surface area is 122 Å². The lowest BCUT2D eigenvalue weighted by atomic mass is 10.1. The lowest BCUT2D eigenvalue weighted by Crippen LogP contribution is -2.22. The van der Waals surface area contributed by atoms with E-state index in [9.17, 15) is 31.1 Å². The number of methoxy groups -OCH3 is 1. The summed E-state index contributed by atoms with van der Waals surface area (Å²) in [4.78, 5) is 14.6. The summed E-state index contributed by atoms with van der Waals surface area (Å²) >= 11 is 2.75. The number of nitrogens with zero attached hydrogens (tertiary/aromatic N) is 1. The van der Waals surface area contributed by atoms with Gasteiger partial charge < -0.3 is 9.47 Å². The van der Waals surface area contributed by atoms with Crippen LogP contribution in [0.4, 0.5) is 26.3 Å². The van der Waals surface area contributed by atoms with Crippen molar-refractivity contribution >= 4 is 21.9 Å². The fraction of sp³-hybridized carbons (Fsp3) is 0.400. The molecular weight excluding hydrogens is 376 g/mol. The highest BCUT2D eigenvalue weighted by atomic mass is 79.9. The first kappa shape index (κ1) is 17.5. The van der Waals surface area contributed by atoms with E-state index in [0.29, 0.717) is 0 Å². The lowest BCUT2D eigenvalue weighted by molar-refractivity contribution is -0.275. The van der Waals surface area contributed by atoms with Gasteiger partial charge in [-0.05, 0) is 0 Å². The minimum Gasteiger partial charge on any atom is -0.465 e. The van der Waals surface area contributed by atoms with E-state index >= 15 is 0 Å². The number of esters is 1. The van der Waals surface area contributed by atoms with Crippen LogP contribution in [0.2, 0.25) is 0 Å². The topological polar surface area (TPSA) is 48.4 Å². The Morgan fingerprint density at radius 2 is 1.86 bits per heavy atom. The summed E-state index contributed by atoms with van der Waals surface area (Å²) in [5.41, 5.74) is -3.04. The predicted octanol–water partition coefficient (Wildman–Crippen LogP) is 3.68. The highest BCUT2D eigenvalue weighted by Gasteiger charge is 2.39. The van der Waals surface area contributed by atoms with Crippen LogP contribution in [-0.4, -0.2) is 24.4 Å². The molecule has 0 saturated heterocycles. The Kier molecular flexibility index (Phi) is 5.07. The zero-order valence-electron chi connectivity index (χ0n) is 10.1. The Balaban J connectivity index is 3.56. The largest absolute Gasteiger partial charge is 0.573 e. The summed E-state index contributed by atoms with van der Waals surface area (Å²) in [6.07, 6.45) is -10.3. The standard InChI is InChI=1S/C10H6BrF6NO3/c1-20-8(19)7-4(3-11)18-6(9(12,13)14)2-5(7)21-10(15,16)17/h2H,3H2,1H3. The molecule has 4 nitrogen and oxygen atoms in total. The molecule has 0 N–H and O–H groups in total. The number of rotatable bonds is 3. The number of hydrogen-bond acceptors (Lipinski definition) is 4. The molecule has 0 saturated carbocycles. The summed E-state index contributed by atoms with van der Waals surface area (Å²) in [5, 5.41) is -0.407. The van der Waals surface area contributed by atoms with E-state index in [0.717, 1.165) is 7.11 Å². The highest BCUT2D eigenvalue weighted by molar-refractivity contribution is 9.08. The van der Waals surface area contributed by atoms with Gasteiger partial charge in [-0.25, -0.2) is 9.78 Å². The average molecular weight is 382 g/mol. The highest BCUT2D eigenvalue weighted by Crippen LogP contribution is 2.36. The monoisotopic (exact) mass is 381 g/mol. The Morgan fingerprint density at radius 1 is 1.29 bits per heavy atom. The van der Waals surface area contributed by atoms with Gasteiger partial charge in [-0.2, -0.15) is 13.2 Å². The lowest BCUT2D eigenvalue weighted by Gasteiger charge is -2.16. The van der Waals surface area contributed by atoms with Crippen molar-refractivity contribution in [1.29, 1.82) is 0 Å². The molecule has 0 atom stereocenters. The van der Waals surface area contributed by atoms with E-state index in [-0.39, 0.29) is 6.07 Å². The van der Waals surface area contributed by atoms with Gasteiger partial charge in [-0.15, -0.1) is 13.2 Å². The van der Waals surface area contributed by atoms with Gasteiger partial charge in [0.25, 0.3) is 0 Å². The number of pyridine rings is 1. The summed E-state index contributed by atoms with van der Waals surface area (Å²) in [6.45, 7) is 0. The minimum atomic E-state index is -5.28. The number of halogens is 7. The van der Waals surface area contributed by atoms with E-state index in [1.807, 2.05) is 0 Å². The second kappa shape index (κ2) is 6.08. The van der Waals surface area contributed by atoms with Crippen molar-refractivity contribution in [3.63, 3.8) is 0 Å². The molecule has 0 aliphatic heterocycles. The van der Waals surface area contributed by atoms with Crippen molar-refractivity contribution in [2.45, 2.75) is 17.9 Å². The third kappa shape index (κ3) is 4.48. The van der Waals surface area contributed by atoms with Crippen LogP contribution < -0.4 is 4.74 Å². The second-order valence-electron chi connectivity index (χ2n) is 3.50. The third-order valence-corrected chi connectivity index (χ3v) is 2.62. The summed E-state index contributed by atoms with van der Waals surface area (Å²) in [7, 11) is 0.857. The van der Waals surface area contributed by atoms with Crippen LogP contribution in [0.5, 0.6) is 5.75 Å². The number of aromatic nitrogens is 1. The third-order valence-electron chi connectivity index (χ3n) is 2.09. The molecule has 0 aliphatic carbocycles. The summed E-state index contributed by atoms with van der Waals surface area (Å²) < 4.78 is 82.3. The molecule has 118 valence electrons. The zero-order chi connectivity index (χ0) is 16.4. The fourth-order valence-electron chi connectivity index (χ4n) is 1.34. The van der Waals surface area contributed by atoms with Crippen LogP contribution in [0.3, 0.4) is 0 Å². The molecule has 0 aromatic carbocycles. The van der Waals surface area contributed by atoms with Gasteiger partial charge in [0, 0.05) is 11.4 Å². The van der Waals surface area contributed by atoms with Gasteiger partial charge in [0.1, 0.15) is 17.0 Å². The maximum absolute atomic E-state index is 12.6. The quantitative estimate of drug-likeness (QED) is 0.455. The summed E-state index contributed by atoms with van der Waals surface area (Å²) in [6, 6.07) is -0.00803. The number of carbonyl (C=O) groups excluding carboxylic acids is 1. The van der Waals surface area contributed by atoms with Crippen LogP contribution in [-0.2, 0) is 16.2 Å². The van der Waals surface area contributed by atoms with Gasteiger partial charge in [-0.1, -0.05) is 15.9 Å². The predicted molar refractivity (Wildman–Crippen MR) is 59.9 cm³/mol. The first-order chi connectivity index (χ1) is 9.49. The van der Waals surface area contributed by atoms with E-state index in [1.54, 1.807) is 0 Å². The molecule has 21 heavy (non-hydrogen) atoms. The SMILES string of the molecule is COC(=O)c1c(OC(F)(F)F)cc(C(F)(F)F)nc1CBr. The maximum Gasteiger partial charge on any atom is 0.573 e. The maximum atomic E-state index is 12.6. The van der Waals surface area contributed by atoms with Gasteiger partial charge in [0.15, 0.2) is 0 Å². The molecule has 0 aliphatic rings. The Hall–Kier alpha value is -1.52. The van der Waals surface area contributed by atoms with Crippen LogP contribution in [0, 0.1) is 0 Å². The van der Waals surface area contributed by atoms with Crippen molar-refractivity contribution in [2.24, 2.45) is 0 Å². The Morgan fingerprint density at radius 3 is 2.24 bits per heavy atom. The first-order valence-corrected chi connectivity index (χ1v) is 6.13. The molecule has 0 unspecified atom stereocenters. The number of ether oxygens (including phenoxy) is 2. The molecule has 0 radical (unpaired) electrons. The molecule has 0 bridgehead atoms. The number of carbonyl (C=O) groups is 1. The molecule has 1 rings (SSSR count). The smallest absolute Gasteiger partial charge is 0.465 e. The molecule has 1 heterocycles. The van der Waals surface area contributed by atoms with Crippen molar-refractivity contribution in [1.82, 2.24) is 4.98 Å². The van der Waals surface area contributed by atoms with Crippen molar-refractivity contribution in [3.8, 4) is 5.75 Å². The van der Waals surface area contributed by atoms with Crippen LogP contribution in [0.15, 0.2) is 6.07 Å². The molecule has 0 fully saturated rings. The second-order valence-corrected chi connectivity index (χ2v) is 4.06. The van der Waals surface area contributed by atoms with E-state index < -0.39 is 46.5 Å².